The van der Waals surface area contributed by atoms with Crippen LogP contribution in [0.5, 0.6) is 0 Å². The molecule has 2 N–H and O–H groups in total. The smallest absolute Gasteiger partial charge is 0.257 e. The molecular weight excluding hydrogens is 228 g/mol. The minimum Gasteiger partial charge on any atom is -0.342 e. The summed E-state index contributed by atoms with van der Waals surface area (Å²) in [7, 11) is 1.84. The van der Waals surface area contributed by atoms with Gasteiger partial charge >= 0.3 is 0 Å². The van der Waals surface area contributed by atoms with Gasteiger partial charge in [0.15, 0.2) is 0 Å². The van der Waals surface area contributed by atoms with Gasteiger partial charge in [-0.3, -0.25) is 9.48 Å². The zero-order chi connectivity index (χ0) is 13.5. The highest BCUT2D eigenvalue weighted by Crippen LogP contribution is 2.11. The Morgan fingerprint density at radius 2 is 2.22 bits per heavy atom. The summed E-state index contributed by atoms with van der Waals surface area (Å²) in [5, 5.41) is 4.25. The quantitative estimate of drug-likeness (QED) is 0.798. The molecule has 1 amide bonds. The van der Waals surface area contributed by atoms with Crippen molar-refractivity contribution in [3.8, 4) is 0 Å². The summed E-state index contributed by atoms with van der Waals surface area (Å²) in [6, 6.07) is 0. The summed E-state index contributed by atoms with van der Waals surface area (Å²) in [5.41, 5.74) is 7.11. The first-order valence-electron chi connectivity index (χ1n) is 6.59. The van der Waals surface area contributed by atoms with Crippen molar-refractivity contribution in [1.29, 1.82) is 0 Å². The number of nitrogens with zero attached hydrogens (tertiary/aromatic N) is 3. The van der Waals surface area contributed by atoms with E-state index in [0.29, 0.717) is 12.1 Å². The van der Waals surface area contributed by atoms with Crippen molar-refractivity contribution in [3.63, 3.8) is 0 Å². The van der Waals surface area contributed by atoms with E-state index in [1.807, 2.05) is 18.7 Å². The summed E-state index contributed by atoms with van der Waals surface area (Å²) in [6.45, 7) is 6.26. The molecule has 18 heavy (non-hydrogen) atoms. The summed E-state index contributed by atoms with van der Waals surface area (Å²) in [5.74, 6) is 0.0555. The van der Waals surface area contributed by atoms with E-state index in [1.165, 1.54) is 0 Å². The number of unbranched alkanes of at least 4 members (excludes halogenated alkanes) is 1. The molecule has 5 heteroatoms. The number of amides is 1. The number of carbonyl (C=O) groups is 1. The number of aryl methyl sites for hydroxylation is 1. The van der Waals surface area contributed by atoms with E-state index in [1.54, 1.807) is 11.1 Å². The molecular formula is C13H24N4O. The number of rotatable bonds is 7. The molecule has 0 aromatic carbocycles. The van der Waals surface area contributed by atoms with Crippen LogP contribution in [0.15, 0.2) is 6.20 Å². The van der Waals surface area contributed by atoms with Gasteiger partial charge in [0.05, 0.1) is 11.8 Å². The van der Waals surface area contributed by atoms with Crippen LogP contribution in [-0.2, 0) is 6.54 Å². The monoisotopic (exact) mass is 252 g/mol. The largest absolute Gasteiger partial charge is 0.342 e. The maximum atomic E-state index is 12.2. The normalized spacial score (nSPS) is 10.7. The maximum absolute atomic E-state index is 12.2. The van der Waals surface area contributed by atoms with Crippen LogP contribution in [0.2, 0.25) is 0 Å². The van der Waals surface area contributed by atoms with E-state index in [2.05, 4.69) is 12.0 Å². The first-order chi connectivity index (χ1) is 8.61. The van der Waals surface area contributed by atoms with Crippen LogP contribution < -0.4 is 5.73 Å². The first kappa shape index (κ1) is 14.7. The van der Waals surface area contributed by atoms with Crippen molar-refractivity contribution < 1.29 is 4.79 Å². The zero-order valence-corrected chi connectivity index (χ0v) is 11.6. The number of hydrogen-bond donors (Lipinski definition) is 1. The van der Waals surface area contributed by atoms with E-state index >= 15 is 0 Å². The molecule has 0 aliphatic carbocycles. The predicted octanol–water partition coefficient (Wildman–Crippen LogP) is 1.41. The minimum atomic E-state index is 0.0555. The third-order valence-electron chi connectivity index (χ3n) is 3.10. The Kier molecular flexibility index (Phi) is 5.85. The average Bonchev–Trinajstić information content (AvgIpc) is 2.74. The topological polar surface area (TPSA) is 64.2 Å². The van der Waals surface area contributed by atoms with Gasteiger partial charge in [-0.15, -0.1) is 0 Å². The van der Waals surface area contributed by atoms with Crippen LogP contribution in [0.3, 0.4) is 0 Å². The Balaban J connectivity index is 2.71. The highest BCUT2D eigenvalue weighted by Gasteiger charge is 2.17. The molecule has 0 atom stereocenters. The van der Waals surface area contributed by atoms with Crippen LogP contribution >= 0.6 is 0 Å². The standard InChI is InChI=1S/C13H24N4O/c1-4-5-8-16(3)13(18)12-10-15-17(11(12)2)9-6-7-14/h10H,4-9,14H2,1-3H3. The van der Waals surface area contributed by atoms with Crippen LogP contribution in [0.25, 0.3) is 0 Å². The lowest BCUT2D eigenvalue weighted by Crippen LogP contribution is -2.28. The third-order valence-corrected chi connectivity index (χ3v) is 3.10. The van der Waals surface area contributed by atoms with Crippen LogP contribution in [0.1, 0.15) is 42.2 Å². The predicted molar refractivity (Wildman–Crippen MR) is 72.5 cm³/mol. The van der Waals surface area contributed by atoms with Crippen molar-refractivity contribution in [2.24, 2.45) is 5.73 Å². The van der Waals surface area contributed by atoms with Crippen molar-refractivity contribution in [3.05, 3.63) is 17.5 Å². The lowest BCUT2D eigenvalue weighted by molar-refractivity contribution is 0.0792. The van der Waals surface area contributed by atoms with Gasteiger partial charge in [-0.1, -0.05) is 13.3 Å². The van der Waals surface area contributed by atoms with Gasteiger partial charge in [0.1, 0.15) is 0 Å². The van der Waals surface area contributed by atoms with E-state index < -0.39 is 0 Å². The van der Waals surface area contributed by atoms with Gasteiger partial charge in [0.25, 0.3) is 5.91 Å². The number of hydrogen-bond acceptors (Lipinski definition) is 3. The Morgan fingerprint density at radius 3 is 2.83 bits per heavy atom. The van der Waals surface area contributed by atoms with Crippen molar-refractivity contribution in [2.45, 2.75) is 39.7 Å². The van der Waals surface area contributed by atoms with Crippen LogP contribution in [0.4, 0.5) is 0 Å². The number of nitrogens with two attached hydrogens (primary N) is 1. The lowest BCUT2D eigenvalue weighted by Gasteiger charge is -2.16. The summed E-state index contributed by atoms with van der Waals surface area (Å²) < 4.78 is 1.85. The first-order valence-corrected chi connectivity index (χ1v) is 6.59. The van der Waals surface area contributed by atoms with E-state index in [-0.39, 0.29) is 5.91 Å². The molecule has 1 rings (SSSR count). The van der Waals surface area contributed by atoms with E-state index in [4.69, 9.17) is 5.73 Å². The highest BCUT2D eigenvalue weighted by atomic mass is 16.2. The van der Waals surface area contributed by atoms with Crippen molar-refractivity contribution >= 4 is 5.91 Å². The third kappa shape index (κ3) is 3.57. The van der Waals surface area contributed by atoms with Crippen molar-refractivity contribution in [2.75, 3.05) is 20.1 Å². The molecule has 0 spiro atoms. The fourth-order valence-corrected chi connectivity index (χ4v) is 1.83. The Morgan fingerprint density at radius 1 is 1.50 bits per heavy atom. The fourth-order valence-electron chi connectivity index (χ4n) is 1.83. The minimum absolute atomic E-state index is 0.0555. The SMILES string of the molecule is CCCCN(C)C(=O)c1cnn(CCCN)c1C. The summed E-state index contributed by atoms with van der Waals surface area (Å²) >= 11 is 0. The number of carbonyl (C=O) groups excluding carboxylic acids is 1. The fraction of sp³-hybridized carbons (Fsp3) is 0.692. The van der Waals surface area contributed by atoms with Gasteiger partial charge in [0, 0.05) is 25.8 Å². The molecule has 1 aromatic rings. The summed E-state index contributed by atoms with van der Waals surface area (Å²) in [6.07, 6.45) is 4.66. The lowest BCUT2D eigenvalue weighted by atomic mass is 10.2. The second kappa shape index (κ2) is 7.16. The average molecular weight is 252 g/mol. The van der Waals surface area contributed by atoms with Crippen LogP contribution in [0, 0.1) is 6.92 Å². The van der Waals surface area contributed by atoms with Gasteiger partial charge in [0.2, 0.25) is 0 Å². The highest BCUT2D eigenvalue weighted by molar-refractivity contribution is 5.94. The molecule has 1 heterocycles. The maximum Gasteiger partial charge on any atom is 0.257 e. The molecule has 0 bridgehead atoms. The van der Waals surface area contributed by atoms with Crippen molar-refractivity contribution in [1.82, 2.24) is 14.7 Å². The van der Waals surface area contributed by atoms with Gasteiger partial charge in [-0.25, -0.2) is 0 Å². The molecule has 102 valence electrons. The molecule has 1 aromatic heterocycles. The second-order valence-electron chi connectivity index (χ2n) is 4.59. The Labute approximate surface area is 109 Å². The molecule has 0 radical (unpaired) electrons. The summed E-state index contributed by atoms with van der Waals surface area (Å²) in [4.78, 5) is 14.0. The van der Waals surface area contributed by atoms with Crippen LogP contribution in [-0.4, -0.2) is 40.7 Å². The molecule has 0 aliphatic heterocycles. The second-order valence-corrected chi connectivity index (χ2v) is 4.59. The zero-order valence-electron chi connectivity index (χ0n) is 11.6. The van der Waals surface area contributed by atoms with Gasteiger partial charge < -0.3 is 10.6 Å². The van der Waals surface area contributed by atoms with E-state index in [0.717, 1.165) is 38.0 Å². The number of aromatic nitrogens is 2. The molecule has 5 nitrogen and oxygen atoms in total. The van der Waals surface area contributed by atoms with E-state index in [9.17, 15) is 4.79 Å². The molecule has 0 unspecified atom stereocenters. The molecule has 0 fully saturated rings. The van der Waals surface area contributed by atoms with Gasteiger partial charge in [-0.05, 0) is 26.3 Å². The molecule has 0 saturated heterocycles. The molecule has 0 saturated carbocycles. The Hall–Kier alpha value is -1.36. The molecule has 0 aliphatic rings. The van der Waals surface area contributed by atoms with Gasteiger partial charge in [-0.2, -0.15) is 5.10 Å². The Bertz CT molecular complexity index is 386.